The monoisotopic (exact) mass is 290 g/mol. The summed E-state index contributed by atoms with van der Waals surface area (Å²) in [6, 6.07) is 4.75. The van der Waals surface area contributed by atoms with Crippen molar-refractivity contribution in [3.8, 4) is 0 Å². The van der Waals surface area contributed by atoms with Gasteiger partial charge in [-0.2, -0.15) is 0 Å². The molecule has 0 spiro atoms. The van der Waals surface area contributed by atoms with Gasteiger partial charge in [0.05, 0.1) is 16.8 Å². The minimum Gasteiger partial charge on any atom is -0.323 e. The SMILES string of the molecule is CC[C@H](N)C(=O)Nc1cc(Br)ccc1Cl. The fraction of sp³-hybridized carbons (Fsp3) is 0.300. The molecule has 0 unspecified atom stereocenters. The Morgan fingerprint density at radius 3 is 2.93 bits per heavy atom. The number of benzene rings is 1. The van der Waals surface area contributed by atoms with Crippen LogP contribution in [0.1, 0.15) is 13.3 Å². The quantitative estimate of drug-likeness (QED) is 0.900. The molecule has 0 aliphatic rings. The highest BCUT2D eigenvalue weighted by molar-refractivity contribution is 9.10. The van der Waals surface area contributed by atoms with Crippen molar-refractivity contribution in [1.82, 2.24) is 0 Å². The molecule has 0 fully saturated rings. The molecule has 1 amide bonds. The standard InChI is InChI=1S/C10H12BrClN2O/c1-2-8(13)10(15)14-9-5-6(11)3-4-7(9)12/h3-5,8H,2,13H2,1H3,(H,14,15)/t8-/m0/s1. The number of carbonyl (C=O) groups excluding carboxylic acids is 1. The van der Waals surface area contributed by atoms with Crippen LogP contribution in [-0.4, -0.2) is 11.9 Å². The van der Waals surface area contributed by atoms with E-state index in [0.29, 0.717) is 17.1 Å². The summed E-state index contributed by atoms with van der Waals surface area (Å²) in [6.45, 7) is 1.85. The van der Waals surface area contributed by atoms with Crippen LogP contribution < -0.4 is 11.1 Å². The number of anilines is 1. The predicted octanol–water partition coefficient (Wildman–Crippen LogP) is 2.78. The molecule has 0 saturated carbocycles. The molecule has 0 aliphatic heterocycles. The molecule has 1 aromatic rings. The Balaban J connectivity index is 2.80. The van der Waals surface area contributed by atoms with Crippen LogP contribution in [0.15, 0.2) is 22.7 Å². The fourth-order valence-corrected chi connectivity index (χ4v) is 1.53. The zero-order chi connectivity index (χ0) is 11.4. The highest BCUT2D eigenvalue weighted by atomic mass is 79.9. The van der Waals surface area contributed by atoms with Gasteiger partial charge in [0.1, 0.15) is 0 Å². The minimum atomic E-state index is -0.500. The zero-order valence-electron chi connectivity index (χ0n) is 8.26. The van der Waals surface area contributed by atoms with E-state index in [1.54, 1.807) is 18.2 Å². The molecule has 0 radical (unpaired) electrons. The molecule has 3 N–H and O–H groups in total. The van der Waals surface area contributed by atoms with Crippen molar-refractivity contribution in [2.45, 2.75) is 19.4 Å². The van der Waals surface area contributed by atoms with Gasteiger partial charge in [0.2, 0.25) is 5.91 Å². The number of halogens is 2. The highest BCUT2D eigenvalue weighted by Crippen LogP contribution is 2.25. The molecule has 1 rings (SSSR count). The number of nitrogens with one attached hydrogen (secondary N) is 1. The third-order valence-electron chi connectivity index (χ3n) is 1.96. The molecule has 0 heterocycles. The molecule has 0 aromatic heterocycles. The zero-order valence-corrected chi connectivity index (χ0v) is 10.6. The van der Waals surface area contributed by atoms with Crippen LogP contribution in [0.25, 0.3) is 0 Å². The van der Waals surface area contributed by atoms with Crippen LogP contribution in [0.5, 0.6) is 0 Å². The molecule has 3 nitrogen and oxygen atoms in total. The molecular formula is C10H12BrClN2O. The topological polar surface area (TPSA) is 55.1 Å². The lowest BCUT2D eigenvalue weighted by Crippen LogP contribution is -2.34. The van der Waals surface area contributed by atoms with Gasteiger partial charge >= 0.3 is 0 Å². The van der Waals surface area contributed by atoms with Gasteiger partial charge < -0.3 is 11.1 Å². The number of hydrogen-bond acceptors (Lipinski definition) is 2. The summed E-state index contributed by atoms with van der Waals surface area (Å²) in [7, 11) is 0. The first-order valence-electron chi connectivity index (χ1n) is 4.56. The number of carbonyl (C=O) groups is 1. The van der Waals surface area contributed by atoms with Gasteiger partial charge in [-0.05, 0) is 24.6 Å². The van der Waals surface area contributed by atoms with Crippen LogP contribution in [0.2, 0.25) is 5.02 Å². The third kappa shape index (κ3) is 3.48. The smallest absolute Gasteiger partial charge is 0.241 e. The fourth-order valence-electron chi connectivity index (χ4n) is 1.00. The Kier molecular flexibility index (Phi) is 4.57. The first-order valence-corrected chi connectivity index (χ1v) is 5.73. The van der Waals surface area contributed by atoms with Crippen molar-refractivity contribution >= 4 is 39.1 Å². The first kappa shape index (κ1) is 12.5. The Labute approximate surface area is 102 Å². The van der Waals surface area contributed by atoms with Crippen LogP contribution in [0, 0.1) is 0 Å². The summed E-state index contributed by atoms with van der Waals surface area (Å²) < 4.78 is 0.854. The van der Waals surface area contributed by atoms with E-state index in [-0.39, 0.29) is 5.91 Å². The second kappa shape index (κ2) is 5.49. The molecule has 15 heavy (non-hydrogen) atoms. The molecular weight excluding hydrogens is 279 g/mol. The summed E-state index contributed by atoms with van der Waals surface area (Å²) >= 11 is 9.21. The minimum absolute atomic E-state index is 0.225. The van der Waals surface area contributed by atoms with Crippen LogP contribution >= 0.6 is 27.5 Å². The van der Waals surface area contributed by atoms with Gasteiger partial charge in [0, 0.05) is 4.47 Å². The molecule has 0 aliphatic carbocycles. The van der Waals surface area contributed by atoms with Gasteiger partial charge in [0.15, 0.2) is 0 Å². The van der Waals surface area contributed by atoms with Gasteiger partial charge in [-0.3, -0.25) is 4.79 Å². The van der Waals surface area contributed by atoms with Crippen LogP contribution in [0.3, 0.4) is 0 Å². The molecule has 1 aromatic carbocycles. The molecule has 0 saturated heterocycles. The molecule has 5 heteroatoms. The van der Waals surface area contributed by atoms with E-state index in [1.165, 1.54) is 0 Å². The Morgan fingerprint density at radius 1 is 1.67 bits per heavy atom. The maximum Gasteiger partial charge on any atom is 0.241 e. The first-order chi connectivity index (χ1) is 7.04. The summed E-state index contributed by atoms with van der Waals surface area (Å²) in [4.78, 5) is 11.5. The highest BCUT2D eigenvalue weighted by Gasteiger charge is 2.12. The Morgan fingerprint density at radius 2 is 2.33 bits per heavy atom. The lowest BCUT2D eigenvalue weighted by molar-refractivity contribution is -0.117. The van der Waals surface area contributed by atoms with Gasteiger partial charge in [-0.25, -0.2) is 0 Å². The van der Waals surface area contributed by atoms with Crippen LogP contribution in [0.4, 0.5) is 5.69 Å². The van der Waals surface area contributed by atoms with Gasteiger partial charge in [0.25, 0.3) is 0 Å². The predicted molar refractivity (Wildman–Crippen MR) is 66.0 cm³/mol. The second-order valence-electron chi connectivity index (χ2n) is 3.13. The van der Waals surface area contributed by atoms with E-state index in [4.69, 9.17) is 17.3 Å². The van der Waals surface area contributed by atoms with E-state index >= 15 is 0 Å². The van der Waals surface area contributed by atoms with Crippen molar-refractivity contribution in [1.29, 1.82) is 0 Å². The van der Waals surface area contributed by atoms with Crippen molar-refractivity contribution < 1.29 is 4.79 Å². The molecule has 0 bridgehead atoms. The van der Waals surface area contributed by atoms with Crippen molar-refractivity contribution in [2.24, 2.45) is 5.73 Å². The average Bonchev–Trinajstić information content (AvgIpc) is 2.22. The Bertz CT molecular complexity index is 370. The maximum absolute atomic E-state index is 11.5. The number of rotatable bonds is 3. The van der Waals surface area contributed by atoms with Gasteiger partial charge in [-0.15, -0.1) is 0 Å². The Hall–Kier alpha value is -0.580. The van der Waals surface area contributed by atoms with Gasteiger partial charge in [-0.1, -0.05) is 34.5 Å². The van der Waals surface area contributed by atoms with Crippen molar-refractivity contribution in [3.05, 3.63) is 27.7 Å². The third-order valence-corrected chi connectivity index (χ3v) is 2.79. The summed E-state index contributed by atoms with van der Waals surface area (Å²) in [5.41, 5.74) is 6.15. The largest absolute Gasteiger partial charge is 0.323 e. The van der Waals surface area contributed by atoms with E-state index in [0.717, 1.165) is 4.47 Å². The van der Waals surface area contributed by atoms with E-state index in [1.807, 2.05) is 6.92 Å². The summed E-state index contributed by atoms with van der Waals surface area (Å²) in [5, 5.41) is 3.17. The molecule has 82 valence electrons. The summed E-state index contributed by atoms with van der Waals surface area (Å²) in [6.07, 6.45) is 0.595. The number of hydrogen-bond donors (Lipinski definition) is 2. The van der Waals surface area contributed by atoms with Crippen LogP contribution in [-0.2, 0) is 4.79 Å². The normalized spacial score (nSPS) is 12.3. The van der Waals surface area contributed by atoms with Crippen molar-refractivity contribution in [3.63, 3.8) is 0 Å². The summed E-state index contributed by atoms with van der Waals surface area (Å²) in [5.74, 6) is -0.225. The number of amides is 1. The number of nitrogens with two attached hydrogens (primary N) is 1. The average molecular weight is 292 g/mol. The lowest BCUT2D eigenvalue weighted by Gasteiger charge is -2.11. The van der Waals surface area contributed by atoms with E-state index < -0.39 is 6.04 Å². The lowest BCUT2D eigenvalue weighted by atomic mass is 10.2. The van der Waals surface area contributed by atoms with E-state index in [9.17, 15) is 4.79 Å². The maximum atomic E-state index is 11.5. The van der Waals surface area contributed by atoms with Crippen molar-refractivity contribution in [2.75, 3.05) is 5.32 Å². The van der Waals surface area contributed by atoms with E-state index in [2.05, 4.69) is 21.2 Å². The molecule has 1 atom stereocenters. The second-order valence-corrected chi connectivity index (χ2v) is 4.45.